The number of ketones is 1. The van der Waals surface area contributed by atoms with Crippen LogP contribution in [0.15, 0.2) is 0 Å². The van der Waals surface area contributed by atoms with Gasteiger partial charge in [-0.1, -0.05) is 0 Å². The highest BCUT2D eigenvalue weighted by Crippen LogP contribution is 1.87. The van der Waals surface area contributed by atoms with Gasteiger partial charge in [-0.3, -0.25) is 9.59 Å². The molecule has 0 aromatic rings. The molecule has 0 heterocycles. The van der Waals surface area contributed by atoms with E-state index >= 15 is 0 Å². The molecule has 52 valence electrons. The molecule has 0 aromatic carbocycles. The Kier molecular flexibility index (Phi) is 3.00. The van der Waals surface area contributed by atoms with Gasteiger partial charge in [-0.05, 0) is 0 Å². The zero-order valence-corrected chi connectivity index (χ0v) is 4.39. The maximum Gasteiger partial charge on any atom is 0.228 e. The van der Waals surface area contributed by atoms with Crippen molar-refractivity contribution in [3.8, 4) is 0 Å². The topological polar surface area (TPSA) is 94.8 Å². The molecule has 0 aromatic heterocycles. The van der Waals surface area contributed by atoms with Crippen molar-refractivity contribution in [1.29, 1.82) is 0 Å². The van der Waals surface area contributed by atoms with Crippen LogP contribution in [0.4, 0.5) is 0 Å². The van der Waals surface area contributed by atoms with Crippen molar-refractivity contribution in [3.05, 3.63) is 0 Å². The van der Waals surface area contributed by atoms with Gasteiger partial charge in [0.2, 0.25) is 5.78 Å². The molecule has 0 spiro atoms. The monoisotopic (exact) mass is 134 g/mol. The van der Waals surface area contributed by atoms with Gasteiger partial charge in [0.25, 0.3) is 0 Å². The summed E-state index contributed by atoms with van der Waals surface area (Å²) in [4.78, 5) is 19.5. The van der Waals surface area contributed by atoms with Crippen LogP contribution in [0.25, 0.3) is 0 Å². The molecule has 1 atom stereocenters. The van der Waals surface area contributed by atoms with Crippen LogP contribution in [0.2, 0.25) is 0 Å². The van der Waals surface area contributed by atoms with Crippen molar-refractivity contribution in [2.45, 2.75) is 12.4 Å². The molecule has 0 rings (SSSR count). The normalized spacial score (nSPS) is 13.3. The zero-order valence-electron chi connectivity index (χ0n) is 4.39. The summed E-state index contributed by atoms with van der Waals surface area (Å²) in [7, 11) is 0. The van der Waals surface area contributed by atoms with Crippen molar-refractivity contribution in [2.24, 2.45) is 0 Å². The van der Waals surface area contributed by atoms with Crippen LogP contribution in [0.5, 0.6) is 0 Å². The second-order valence-electron chi connectivity index (χ2n) is 1.38. The Morgan fingerprint density at radius 3 is 1.89 bits per heavy atom. The van der Waals surface area contributed by atoms with Gasteiger partial charge >= 0.3 is 0 Å². The first-order chi connectivity index (χ1) is 4.09. The molecule has 0 amide bonds. The highest BCUT2D eigenvalue weighted by atomic mass is 16.5. The Labute approximate surface area is 50.5 Å². The number of hydrogen-bond acceptors (Lipinski definition) is 5. The van der Waals surface area contributed by atoms with Crippen LogP contribution in [-0.4, -0.2) is 39.8 Å². The summed E-state index contributed by atoms with van der Waals surface area (Å²) in [5.41, 5.74) is 0. The number of aliphatic hydroxyl groups excluding tert-OH is 2. The molecule has 5 nitrogen and oxygen atoms in total. The van der Waals surface area contributed by atoms with E-state index in [1.54, 1.807) is 0 Å². The van der Waals surface area contributed by atoms with Crippen molar-refractivity contribution in [1.82, 2.24) is 0 Å². The summed E-state index contributed by atoms with van der Waals surface area (Å²) in [6, 6.07) is 0. The predicted octanol–water partition coefficient (Wildman–Crippen LogP) is -2.57. The van der Waals surface area contributed by atoms with Gasteiger partial charge in [0.1, 0.15) is 0 Å². The van der Waals surface area contributed by atoms with E-state index in [0.29, 0.717) is 0 Å². The standard InChI is InChI=1S/C4H6O5/c5-1-2(6)3(7)4(8)9/h1,3-4,7-9H. The van der Waals surface area contributed by atoms with Gasteiger partial charge < -0.3 is 15.3 Å². The van der Waals surface area contributed by atoms with Crippen LogP contribution in [0.1, 0.15) is 0 Å². The molecule has 0 bridgehead atoms. The van der Waals surface area contributed by atoms with E-state index in [1.807, 2.05) is 0 Å². The maximum atomic E-state index is 10.0. The number of aldehydes is 1. The second kappa shape index (κ2) is 3.29. The Morgan fingerprint density at radius 2 is 1.78 bits per heavy atom. The Morgan fingerprint density at radius 1 is 1.33 bits per heavy atom. The maximum absolute atomic E-state index is 10.0. The fraction of sp³-hybridized carbons (Fsp3) is 0.500. The van der Waals surface area contributed by atoms with Crippen LogP contribution < -0.4 is 0 Å². The van der Waals surface area contributed by atoms with Gasteiger partial charge in [-0.25, -0.2) is 0 Å². The molecule has 5 heteroatoms. The van der Waals surface area contributed by atoms with Gasteiger partial charge in [0.15, 0.2) is 18.7 Å². The van der Waals surface area contributed by atoms with Gasteiger partial charge in [0.05, 0.1) is 0 Å². The number of Topliss-reactive ketones (excluding diaryl/α,β-unsaturated/α-hetero) is 1. The number of carbonyl (C=O) groups is 2. The lowest BCUT2D eigenvalue weighted by atomic mass is 10.2. The van der Waals surface area contributed by atoms with E-state index in [2.05, 4.69) is 0 Å². The van der Waals surface area contributed by atoms with Crippen LogP contribution >= 0.6 is 0 Å². The predicted molar refractivity (Wildman–Crippen MR) is 25.3 cm³/mol. The van der Waals surface area contributed by atoms with Crippen LogP contribution in [-0.2, 0) is 9.59 Å². The van der Waals surface area contributed by atoms with E-state index in [1.165, 1.54) is 0 Å². The third kappa shape index (κ3) is 2.31. The lowest BCUT2D eigenvalue weighted by Crippen LogP contribution is -2.34. The molecule has 0 fully saturated rings. The van der Waals surface area contributed by atoms with E-state index in [9.17, 15) is 9.59 Å². The molecule has 0 radical (unpaired) electrons. The molecule has 3 N–H and O–H groups in total. The average Bonchev–Trinajstić information content (AvgIpc) is 1.84. The fourth-order valence-electron chi connectivity index (χ4n) is 0.217. The van der Waals surface area contributed by atoms with Crippen molar-refractivity contribution in [3.63, 3.8) is 0 Å². The van der Waals surface area contributed by atoms with Crippen molar-refractivity contribution in [2.75, 3.05) is 0 Å². The Bertz CT molecular complexity index is 118. The minimum absolute atomic E-state index is 0.176. The number of aliphatic hydroxyl groups is 3. The number of carbonyl (C=O) groups excluding carboxylic acids is 2. The summed E-state index contributed by atoms with van der Waals surface area (Å²) in [6.07, 6.45) is -4.37. The molecular formula is C4H6O5. The second-order valence-corrected chi connectivity index (χ2v) is 1.38. The van der Waals surface area contributed by atoms with Crippen molar-refractivity contribution >= 4 is 12.1 Å². The Balaban J connectivity index is 3.87. The molecule has 1 unspecified atom stereocenters. The van der Waals surface area contributed by atoms with Gasteiger partial charge in [-0.2, -0.15) is 0 Å². The van der Waals surface area contributed by atoms with E-state index in [4.69, 9.17) is 15.3 Å². The van der Waals surface area contributed by atoms with E-state index < -0.39 is 18.2 Å². The molecular weight excluding hydrogens is 128 g/mol. The number of rotatable bonds is 3. The average molecular weight is 134 g/mol. The zero-order chi connectivity index (χ0) is 7.44. The molecule has 0 aliphatic heterocycles. The summed E-state index contributed by atoms with van der Waals surface area (Å²) in [6.45, 7) is 0. The lowest BCUT2D eigenvalue weighted by molar-refractivity contribution is -0.156. The minimum atomic E-state index is -2.18. The molecule has 9 heavy (non-hydrogen) atoms. The van der Waals surface area contributed by atoms with E-state index in [0.717, 1.165) is 0 Å². The number of hydrogen-bond donors (Lipinski definition) is 3. The first kappa shape index (κ1) is 8.22. The summed E-state index contributed by atoms with van der Waals surface area (Å²) < 4.78 is 0. The summed E-state index contributed by atoms with van der Waals surface area (Å²) in [5.74, 6) is -1.25. The molecule has 0 saturated carbocycles. The Hall–Kier alpha value is -0.780. The van der Waals surface area contributed by atoms with Gasteiger partial charge in [0, 0.05) is 0 Å². The lowest BCUT2D eigenvalue weighted by Gasteiger charge is -2.05. The fourth-order valence-corrected chi connectivity index (χ4v) is 0.217. The molecule has 0 saturated heterocycles. The highest BCUT2D eigenvalue weighted by molar-refractivity contribution is 6.27. The third-order valence-corrected chi connectivity index (χ3v) is 0.690. The largest absolute Gasteiger partial charge is 0.380 e. The van der Waals surface area contributed by atoms with Crippen molar-refractivity contribution < 1.29 is 24.9 Å². The third-order valence-electron chi connectivity index (χ3n) is 0.690. The quantitative estimate of drug-likeness (QED) is 0.224. The SMILES string of the molecule is O=CC(=O)C(O)C(O)O. The highest BCUT2D eigenvalue weighted by Gasteiger charge is 2.20. The van der Waals surface area contributed by atoms with Gasteiger partial charge in [-0.15, -0.1) is 0 Å². The first-order valence-corrected chi connectivity index (χ1v) is 2.13. The summed E-state index contributed by atoms with van der Waals surface area (Å²) in [5, 5.41) is 24.4. The molecule has 0 aliphatic carbocycles. The molecule has 0 aliphatic rings. The van der Waals surface area contributed by atoms with Crippen LogP contribution in [0.3, 0.4) is 0 Å². The smallest absolute Gasteiger partial charge is 0.228 e. The van der Waals surface area contributed by atoms with E-state index in [-0.39, 0.29) is 6.29 Å². The van der Waals surface area contributed by atoms with Crippen LogP contribution in [0, 0.1) is 0 Å². The minimum Gasteiger partial charge on any atom is -0.380 e. The summed E-state index contributed by atoms with van der Waals surface area (Å²) >= 11 is 0. The first-order valence-electron chi connectivity index (χ1n) is 2.13.